The summed E-state index contributed by atoms with van der Waals surface area (Å²) in [6.45, 7) is 0. The van der Waals surface area contributed by atoms with E-state index in [0.717, 1.165) is 9.12 Å². The van der Waals surface area contributed by atoms with Crippen molar-refractivity contribution < 1.29 is 0 Å². The third-order valence-corrected chi connectivity index (χ3v) is 7.41. The first kappa shape index (κ1) is 7.72. The van der Waals surface area contributed by atoms with Gasteiger partial charge in [-0.15, -0.1) is 0 Å². The van der Waals surface area contributed by atoms with Crippen LogP contribution in [0.4, 0.5) is 0 Å². The summed E-state index contributed by atoms with van der Waals surface area (Å²) in [5.41, 5.74) is 10.9. The normalized spacial score (nSPS) is 12.0. The summed E-state index contributed by atoms with van der Waals surface area (Å²) < 4.78 is 1.76. The Hall–Kier alpha value is 0.719. The molecule has 0 aromatic rings. The molecule has 0 aromatic heterocycles. The molecule has 0 fully saturated rings. The molecule has 0 radical (unpaired) electrons. The molecule has 3 heteroatoms. The minimum absolute atomic E-state index is 0.880. The fourth-order valence-electron chi connectivity index (χ4n) is 0.0833. The Kier molecular flexibility index (Phi) is 3.19. The van der Waals surface area contributed by atoms with Crippen molar-refractivity contribution in [1.29, 1.82) is 0 Å². The monoisotopic (exact) mass is 210 g/mol. The fourth-order valence-corrected chi connectivity index (χ4v) is 0.559. The van der Waals surface area contributed by atoms with Gasteiger partial charge < -0.3 is 0 Å². The zero-order valence-corrected chi connectivity index (χ0v) is 7.92. The fraction of sp³-hybridized carbons (Fsp3) is 1.00. The summed E-state index contributed by atoms with van der Waals surface area (Å²) in [6, 6.07) is 0. The van der Waals surface area contributed by atoms with Gasteiger partial charge in [0.05, 0.1) is 0 Å². The van der Waals surface area contributed by atoms with Gasteiger partial charge in [-0.2, -0.15) is 0 Å². The zero-order chi connectivity index (χ0) is 5.91. The second-order valence-electron chi connectivity index (χ2n) is 2.57. The summed E-state index contributed by atoms with van der Waals surface area (Å²) in [5.74, 6) is 0. The maximum absolute atomic E-state index is 5.43. The van der Waals surface area contributed by atoms with Crippen molar-refractivity contribution in [1.82, 2.24) is 0 Å². The average molecular weight is 209 g/mol. The zero-order valence-electron chi connectivity index (χ0n) is 5.07. The Balaban J connectivity index is 3.36. The van der Waals surface area contributed by atoms with Crippen LogP contribution in [-0.4, -0.2) is 27.5 Å². The van der Waals surface area contributed by atoms with Crippen LogP contribution in [0.25, 0.3) is 0 Å². The second-order valence-corrected chi connectivity index (χ2v) is 17.3. The van der Waals surface area contributed by atoms with E-state index in [2.05, 4.69) is 9.88 Å². The van der Waals surface area contributed by atoms with E-state index >= 15 is 0 Å². The molecule has 0 saturated heterocycles. The van der Waals surface area contributed by atoms with Gasteiger partial charge in [0.25, 0.3) is 0 Å². The first-order chi connectivity index (χ1) is 3.12. The maximum atomic E-state index is 5.43. The number of rotatable bonds is 2. The van der Waals surface area contributed by atoms with Crippen molar-refractivity contribution >= 4 is 18.4 Å². The Morgan fingerprint density at radius 1 is 1.14 bits per heavy atom. The second kappa shape index (κ2) is 2.89. The van der Waals surface area contributed by atoms with Crippen LogP contribution in [-0.2, 0) is 0 Å². The Morgan fingerprint density at radius 3 is 1.43 bits per heavy atom. The molecule has 0 unspecified atom stereocenters. The Labute approximate surface area is 49.1 Å². The van der Waals surface area contributed by atoms with Crippen molar-refractivity contribution in [3.8, 4) is 0 Å². The molecule has 44 valence electrons. The van der Waals surface area contributed by atoms with Crippen LogP contribution >= 0.6 is 0 Å². The van der Waals surface area contributed by atoms with E-state index in [1.807, 2.05) is 0 Å². The molecule has 7 heavy (non-hydrogen) atoms. The average Bonchev–Trinajstić information content (AvgIpc) is 1.68. The van der Waals surface area contributed by atoms with Gasteiger partial charge in [0, 0.05) is 0 Å². The molecule has 0 bridgehead atoms. The first-order valence-corrected chi connectivity index (χ1v) is 12.3. The molecule has 0 amide bonds. The van der Waals surface area contributed by atoms with Crippen molar-refractivity contribution in [3.05, 3.63) is 0 Å². The topological polar surface area (TPSA) is 52.0 Å². The van der Waals surface area contributed by atoms with Gasteiger partial charge >= 0.3 is 48.8 Å². The molecule has 4 N–H and O–H groups in total. The minimum atomic E-state index is -1.73. The van der Waals surface area contributed by atoms with Gasteiger partial charge in [0.2, 0.25) is 0 Å². The summed E-state index contributed by atoms with van der Waals surface area (Å²) in [5, 5.41) is 0. The quantitative estimate of drug-likeness (QED) is 0.612. The molecular weight excluding hydrogens is 195 g/mol. The van der Waals surface area contributed by atoms with Crippen LogP contribution in [0.15, 0.2) is 0 Å². The molecule has 0 saturated carbocycles. The SMILES string of the molecule is [CH3][Sn]([CH3])([CH2]N)[CH2]N. The Morgan fingerprint density at radius 2 is 1.43 bits per heavy atom. The van der Waals surface area contributed by atoms with Crippen molar-refractivity contribution in [3.63, 3.8) is 0 Å². The van der Waals surface area contributed by atoms with Crippen LogP contribution < -0.4 is 11.5 Å². The van der Waals surface area contributed by atoms with Crippen LogP contribution in [0.5, 0.6) is 0 Å². The van der Waals surface area contributed by atoms with E-state index in [1.165, 1.54) is 0 Å². The van der Waals surface area contributed by atoms with Crippen LogP contribution in [0, 0.1) is 0 Å². The predicted molar refractivity (Wildman–Crippen MR) is 35.6 cm³/mol. The summed E-state index contributed by atoms with van der Waals surface area (Å²) in [6.07, 6.45) is 0. The number of nitrogens with two attached hydrogens (primary N) is 2. The molecule has 0 rings (SSSR count). The van der Waals surface area contributed by atoms with Gasteiger partial charge in [-0.25, -0.2) is 0 Å². The van der Waals surface area contributed by atoms with E-state index in [-0.39, 0.29) is 0 Å². The molecule has 0 aliphatic carbocycles. The number of hydrogen-bond donors (Lipinski definition) is 2. The molecule has 0 heterocycles. The van der Waals surface area contributed by atoms with E-state index in [1.54, 1.807) is 0 Å². The summed E-state index contributed by atoms with van der Waals surface area (Å²) in [4.78, 5) is 4.52. The van der Waals surface area contributed by atoms with Gasteiger partial charge in [-0.1, -0.05) is 0 Å². The third kappa shape index (κ3) is 3.31. The van der Waals surface area contributed by atoms with Crippen molar-refractivity contribution in [2.24, 2.45) is 11.5 Å². The molecule has 0 atom stereocenters. The van der Waals surface area contributed by atoms with Gasteiger partial charge in [0.15, 0.2) is 0 Å². The predicted octanol–water partition coefficient (Wildman–Crippen LogP) is -0.309. The standard InChI is InChI=1S/2CH4N.2CH3.Sn/c2*1-2;;;/h2*1-2H2;2*1H3;. The van der Waals surface area contributed by atoms with E-state index in [9.17, 15) is 0 Å². The summed E-state index contributed by atoms with van der Waals surface area (Å²) in [7, 11) is 0. The first-order valence-electron chi connectivity index (χ1n) is 2.52. The molecule has 0 aliphatic rings. The van der Waals surface area contributed by atoms with Crippen molar-refractivity contribution in [2.45, 2.75) is 9.88 Å². The van der Waals surface area contributed by atoms with E-state index in [4.69, 9.17) is 11.5 Å². The van der Waals surface area contributed by atoms with E-state index < -0.39 is 18.4 Å². The van der Waals surface area contributed by atoms with Gasteiger partial charge in [0.1, 0.15) is 0 Å². The Bertz CT molecular complexity index is 47.7. The molecule has 0 aliphatic heterocycles. The van der Waals surface area contributed by atoms with Gasteiger partial charge in [-0.05, 0) is 0 Å². The third-order valence-electron chi connectivity index (χ3n) is 1.11. The van der Waals surface area contributed by atoms with Crippen LogP contribution in [0.2, 0.25) is 9.88 Å². The molecule has 0 spiro atoms. The van der Waals surface area contributed by atoms with E-state index in [0.29, 0.717) is 0 Å². The number of hydrogen-bond acceptors (Lipinski definition) is 2. The van der Waals surface area contributed by atoms with Crippen LogP contribution in [0.1, 0.15) is 0 Å². The van der Waals surface area contributed by atoms with Crippen molar-refractivity contribution in [2.75, 3.05) is 9.12 Å². The van der Waals surface area contributed by atoms with Gasteiger partial charge in [-0.3, -0.25) is 0 Å². The summed E-state index contributed by atoms with van der Waals surface area (Å²) >= 11 is -1.73. The molecule has 2 nitrogen and oxygen atoms in total. The molecular formula is C4H14N2Sn. The van der Waals surface area contributed by atoms with Crippen LogP contribution in [0.3, 0.4) is 0 Å². The molecule has 0 aromatic carbocycles.